The van der Waals surface area contributed by atoms with Gasteiger partial charge in [0.25, 0.3) is 11.4 Å². The molecule has 1 fully saturated rings. The standard InChI is InChI=1S/C22H25N3O7S/c1-22(2,3)15-8-11-17(12-9-15)33(30,31)32-23-20-7-5-4-6-18(20)19-13-10-16(24(26)27)14-21(19)25(28)29/h8-14,18H,4-7H2,1-3H3/b23-20+/t18-/m1/s1. The highest BCUT2D eigenvalue weighted by atomic mass is 32.2. The topological polar surface area (TPSA) is 142 Å². The van der Waals surface area contributed by atoms with E-state index in [1.54, 1.807) is 12.1 Å². The molecule has 1 aliphatic carbocycles. The number of benzene rings is 2. The van der Waals surface area contributed by atoms with Crippen molar-refractivity contribution >= 4 is 27.2 Å². The Balaban J connectivity index is 1.91. The fraction of sp³-hybridized carbons (Fsp3) is 0.409. The van der Waals surface area contributed by atoms with Gasteiger partial charge < -0.3 is 0 Å². The summed E-state index contributed by atoms with van der Waals surface area (Å²) in [6.45, 7) is 6.04. The molecule has 10 nitrogen and oxygen atoms in total. The molecule has 0 amide bonds. The minimum atomic E-state index is -4.18. The van der Waals surface area contributed by atoms with Crippen LogP contribution in [0.4, 0.5) is 11.4 Å². The van der Waals surface area contributed by atoms with E-state index >= 15 is 0 Å². The van der Waals surface area contributed by atoms with Crippen molar-refractivity contribution in [2.75, 3.05) is 0 Å². The van der Waals surface area contributed by atoms with Crippen molar-refractivity contribution in [3.8, 4) is 0 Å². The van der Waals surface area contributed by atoms with Gasteiger partial charge in [-0.05, 0) is 48.4 Å². The zero-order valence-corrected chi connectivity index (χ0v) is 19.4. The van der Waals surface area contributed by atoms with Crippen LogP contribution in [0, 0.1) is 20.2 Å². The molecule has 0 unspecified atom stereocenters. The van der Waals surface area contributed by atoms with E-state index in [0.29, 0.717) is 18.6 Å². The number of rotatable bonds is 6. The first-order chi connectivity index (χ1) is 15.4. The quantitative estimate of drug-likeness (QED) is 0.412. The molecule has 0 aromatic heterocycles. The smallest absolute Gasteiger partial charge is 0.265 e. The van der Waals surface area contributed by atoms with E-state index in [1.807, 2.05) is 20.8 Å². The first kappa shape index (κ1) is 24.3. The third-order valence-electron chi connectivity index (χ3n) is 5.64. The Kier molecular flexibility index (Phi) is 6.82. The van der Waals surface area contributed by atoms with Gasteiger partial charge in [0.2, 0.25) is 0 Å². The molecule has 0 saturated heterocycles. The van der Waals surface area contributed by atoms with E-state index in [0.717, 1.165) is 24.5 Å². The molecule has 0 aliphatic heterocycles. The average Bonchev–Trinajstić information content (AvgIpc) is 2.77. The Morgan fingerprint density at radius 3 is 2.24 bits per heavy atom. The molecule has 1 atom stereocenters. The SMILES string of the molecule is CC(C)(C)c1ccc(S(=O)(=O)O/N=C2\CCCC[C@@H]2c2ccc([N+](=O)[O-])cc2[N+](=O)[O-])cc1. The van der Waals surface area contributed by atoms with Gasteiger partial charge in [-0.15, -0.1) is 0 Å². The van der Waals surface area contributed by atoms with Gasteiger partial charge in [-0.25, -0.2) is 0 Å². The molecule has 3 rings (SSSR count). The predicted molar refractivity (Wildman–Crippen MR) is 122 cm³/mol. The number of nitro benzene ring substituents is 2. The summed E-state index contributed by atoms with van der Waals surface area (Å²) in [5, 5.41) is 26.5. The van der Waals surface area contributed by atoms with Gasteiger partial charge in [0.05, 0.1) is 21.6 Å². The van der Waals surface area contributed by atoms with Gasteiger partial charge >= 0.3 is 10.1 Å². The summed E-state index contributed by atoms with van der Waals surface area (Å²) in [5.74, 6) is -0.571. The van der Waals surface area contributed by atoms with E-state index in [2.05, 4.69) is 5.16 Å². The largest absolute Gasteiger partial charge is 0.358 e. The average molecular weight is 476 g/mol. The molecule has 1 saturated carbocycles. The van der Waals surface area contributed by atoms with Crippen molar-refractivity contribution < 1.29 is 22.5 Å². The van der Waals surface area contributed by atoms with Crippen LogP contribution in [0.15, 0.2) is 52.5 Å². The molecule has 176 valence electrons. The first-order valence-corrected chi connectivity index (χ1v) is 11.8. The van der Waals surface area contributed by atoms with Crippen LogP contribution < -0.4 is 0 Å². The fourth-order valence-corrected chi connectivity index (χ4v) is 4.55. The van der Waals surface area contributed by atoms with E-state index in [1.165, 1.54) is 24.3 Å². The highest BCUT2D eigenvalue weighted by Gasteiger charge is 2.31. The van der Waals surface area contributed by atoms with Gasteiger partial charge in [0.15, 0.2) is 0 Å². The Hall–Kier alpha value is -3.34. The van der Waals surface area contributed by atoms with Crippen LogP contribution >= 0.6 is 0 Å². The molecule has 0 bridgehead atoms. The molecule has 11 heteroatoms. The summed E-state index contributed by atoms with van der Waals surface area (Å²) in [7, 11) is -4.18. The normalized spacial score (nSPS) is 18.2. The van der Waals surface area contributed by atoms with E-state index < -0.39 is 37.3 Å². The van der Waals surface area contributed by atoms with Crippen LogP contribution in [0.3, 0.4) is 0 Å². The van der Waals surface area contributed by atoms with Gasteiger partial charge in [-0.2, -0.15) is 8.42 Å². The second-order valence-electron chi connectivity index (χ2n) is 8.94. The van der Waals surface area contributed by atoms with Crippen LogP contribution in [-0.2, 0) is 19.8 Å². The second kappa shape index (κ2) is 9.26. The number of non-ortho nitro benzene ring substituents is 1. The van der Waals surface area contributed by atoms with Crippen LogP contribution in [-0.4, -0.2) is 24.0 Å². The molecule has 0 N–H and O–H groups in total. The van der Waals surface area contributed by atoms with Gasteiger partial charge in [-0.1, -0.05) is 44.5 Å². The zero-order valence-electron chi connectivity index (χ0n) is 18.6. The summed E-state index contributed by atoms with van der Waals surface area (Å²) in [4.78, 5) is 21.2. The third-order valence-corrected chi connectivity index (χ3v) is 6.76. The molecule has 33 heavy (non-hydrogen) atoms. The number of oxime groups is 1. The van der Waals surface area contributed by atoms with Crippen LogP contribution in [0.5, 0.6) is 0 Å². The highest BCUT2D eigenvalue weighted by Crippen LogP contribution is 2.38. The number of hydrogen-bond acceptors (Lipinski definition) is 8. The molecule has 0 radical (unpaired) electrons. The van der Waals surface area contributed by atoms with E-state index in [-0.39, 0.29) is 15.9 Å². The van der Waals surface area contributed by atoms with Crippen molar-refractivity contribution in [1.82, 2.24) is 0 Å². The van der Waals surface area contributed by atoms with E-state index in [9.17, 15) is 28.6 Å². The second-order valence-corrected chi connectivity index (χ2v) is 10.5. The maximum atomic E-state index is 12.7. The third kappa shape index (κ3) is 5.54. The van der Waals surface area contributed by atoms with Crippen LogP contribution in [0.25, 0.3) is 0 Å². The molecule has 0 heterocycles. The monoisotopic (exact) mass is 475 g/mol. The van der Waals surface area contributed by atoms with Crippen molar-refractivity contribution in [2.24, 2.45) is 5.16 Å². The summed E-state index contributed by atoms with van der Waals surface area (Å²) < 4.78 is 30.3. The van der Waals surface area contributed by atoms with E-state index in [4.69, 9.17) is 4.28 Å². The minimum Gasteiger partial charge on any atom is -0.265 e. The van der Waals surface area contributed by atoms with Crippen molar-refractivity contribution in [1.29, 1.82) is 0 Å². The molecular formula is C22H25N3O7S. The molecule has 0 spiro atoms. The Bertz CT molecular complexity index is 1200. The lowest BCUT2D eigenvalue weighted by Crippen LogP contribution is -2.20. The fourth-order valence-electron chi connectivity index (χ4n) is 3.80. The Labute approximate surface area is 191 Å². The Morgan fingerprint density at radius 2 is 1.67 bits per heavy atom. The molecule has 1 aliphatic rings. The number of hydrogen-bond donors (Lipinski definition) is 0. The van der Waals surface area contributed by atoms with Crippen molar-refractivity contribution in [3.63, 3.8) is 0 Å². The lowest BCUT2D eigenvalue weighted by atomic mass is 9.81. The van der Waals surface area contributed by atoms with Crippen molar-refractivity contribution in [2.45, 2.75) is 62.7 Å². The van der Waals surface area contributed by atoms with Crippen LogP contribution in [0.2, 0.25) is 0 Å². The summed E-state index contributed by atoms with van der Waals surface area (Å²) in [6, 6.07) is 9.78. The minimum absolute atomic E-state index is 0.0477. The highest BCUT2D eigenvalue weighted by molar-refractivity contribution is 7.86. The molecule has 2 aromatic rings. The van der Waals surface area contributed by atoms with Gasteiger partial charge in [0, 0.05) is 17.5 Å². The molecular weight excluding hydrogens is 450 g/mol. The summed E-state index contributed by atoms with van der Waals surface area (Å²) >= 11 is 0. The summed E-state index contributed by atoms with van der Waals surface area (Å²) in [6.07, 6.45) is 2.36. The lowest BCUT2D eigenvalue weighted by Gasteiger charge is -2.23. The first-order valence-electron chi connectivity index (χ1n) is 10.4. The predicted octanol–water partition coefficient (Wildman–Crippen LogP) is 5.22. The van der Waals surface area contributed by atoms with Gasteiger partial charge in [0.1, 0.15) is 4.90 Å². The van der Waals surface area contributed by atoms with Crippen molar-refractivity contribution in [3.05, 3.63) is 73.8 Å². The van der Waals surface area contributed by atoms with Gasteiger partial charge in [-0.3, -0.25) is 24.5 Å². The molecule has 2 aromatic carbocycles. The summed E-state index contributed by atoms with van der Waals surface area (Å²) in [5.41, 5.74) is 0.637. The number of nitrogens with zero attached hydrogens (tertiary/aromatic N) is 3. The maximum absolute atomic E-state index is 12.7. The maximum Gasteiger partial charge on any atom is 0.358 e. The zero-order chi connectivity index (χ0) is 24.4. The lowest BCUT2D eigenvalue weighted by molar-refractivity contribution is -0.394. The van der Waals surface area contributed by atoms with Crippen LogP contribution in [0.1, 0.15) is 63.5 Å². The number of nitro groups is 2. The Morgan fingerprint density at radius 1 is 1.00 bits per heavy atom.